The number of hydrogen-bond donors (Lipinski definition) is 0. The van der Waals surface area contributed by atoms with Gasteiger partial charge in [-0.15, -0.1) is 0 Å². The number of nitrogens with zero attached hydrogens (tertiary/aromatic N) is 8. The lowest BCUT2D eigenvalue weighted by Gasteiger charge is -2.17. The summed E-state index contributed by atoms with van der Waals surface area (Å²) in [5, 5.41) is 25.8. The maximum absolute atomic E-state index is 6.79. The molecule has 0 N–H and O–H groups in total. The monoisotopic (exact) mass is 1690 g/mol. The predicted molar refractivity (Wildman–Crippen MR) is 548 cm³/mol. The highest BCUT2D eigenvalue weighted by Gasteiger charge is 2.27. The van der Waals surface area contributed by atoms with E-state index in [0.717, 1.165) is 188 Å². The fourth-order valence-electron chi connectivity index (χ4n) is 20.5. The number of benzene rings is 20. The van der Waals surface area contributed by atoms with Gasteiger partial charge < -0.3 is 8.83 Å². The Bertz CT molecular complexity index is 9100. The van der Waals surface area contributed by atoms with Crippen LogP contribution < -0.4 is 0 Å². The first-order chi connectivity index (χ1) is 64.8. The van der Waals surface area contributed by atoms with Crippen LogP contribution in [0.15, 0.2) is 385 Å². The van der Waals surface area contributed by atoms with E-state index in [1.165, 1.54) is 75.8 Å². The molecular weight excluding hydrogens is 1610 g/mol. The summed E-state index contributed by atoms with van der Waals surface area (Å²) in [6.07, 6.45) is 0. The Kier molecular flexibility index (Phi) is 18.1. The molecule has 10 heteroatoms. The third-order valence-corrected chi connectivity index (χ3v) is 26.4. The number of rotatable bonds is 10. The van der Waals surface area contributed by atoms with Crippen LogP contribution in [-0.4, -0.2) is 39.9 Å². The molecule has 0 aliphatic carbocycles. The number of fused-ring (bicyclic) bond motifs is 24. The van der Waals surface area contributed by atoms with Crippen molar-refractivity contribution in [2.24, 2.45) is 0 Å². The second kappa shape index (κ2) is 30.9. The van der Waals surface area contributed by atoms with Gasteiger partial charge in [0.2, 0.25) is 0 Å². The second-order valence-electron chi connectivity index (χ2n) is 35.2. The zero-order valence-electron chi connectivity index (χ0n) is 73.2. The molecule has 6 aromatic heterocycles. The van der Waals surface area contributed by atoms with Gasteiger partial charge in [0.25, 0.3) is 0 Å². The van der Waals surface area contributed by atoms with Gasteiger partial charge in [-0.2, -0.15) is 0 Å². The van der Waals surface area contributed by atoms with E-state index in [1.54, 1.807) is 0 Å². The summed E-state index contributed by atoms with van der Waals surface area (Å²) in [5.41, 5.74) is 26.1. The Morgan fingerprint density at radius 3 is 0.727 bits per heavy atom. The minimum absolute atomic E-state index is 0.608. The van der Waals surface area contributed by atoms with Gasteiger partial charge in [-0.25, -0.2) is 39.9 Å². The number of pyridine rings is 2. The van der Waals surface area contributed by atoms with Crippen LogP contribution in [0.2, 0.25) is 0 Å². The first kappa shape index (κ1) is 77.3. The average molecular weight is 1690 g/mol. The SMILES string of the molecule is Cc1cc(C)cc(-c2nc(-c3ccc(-c4nc5ccccc5c5c(-c6ccc7c8ccccc8c8ccccc8c7c6)c6c(cc45)oc4ccccc46)cc3)nc(-c3cc(C)cc(C)c3)n2)c1.Cc1ccc(-c2nc(-c3ccc(C)cc3)nc(-c3ccc(-c4nc5ccccc5c5c(-c6ccc7c8ccccc8c8ccccc8c7c6)c6c(cc45)oc4ccccc46)cc3)n2)cc1. The minimum atomic E-state index is 0.608. The molecular formula is C122H80N8O2. The van der Waals surface area contributed by atoms with Crippen LogP contribution in [0.1, 0.15) is 33.4 Å². The van der Waals surface area contributed by atoms with Crippen molar-refractivity contribution in [2.45, 2.75) is 41.5 Å². The largest absolute Gasteiger partial charge is 0.456 e. The lowest BCUT2D eigenvalue weighted by atomic mass is 9.87. The quantitative estimate of drug-likeness (QED) is 0.122. The summed E-state index contributed by atoms with van der Waals surface area (Å²) in [6, 6.07) is 134. The molecule has 0 spiro atoms. The van der Waals surface area contributed by atoms with Gasteiger partial charge in [0.05, 0.1) is 22.4 Å². The molecule has 0 atom stereocenters. The molecule has 0 saturated heterocycles. The van der Waals surface area contributed by atoms with Gasteiger partial charge >= 0.3 is 0 Å². The lowest BCUT2D eigenvalue weighted by molar-refractivity contribution is 0.669. The molecule has 0 aliphatic heterocycles. The van der Waals surface area contributed by atoms with E-state index in [2.05, 4.69) is 406 Å². The highest BCUT2D eigenvalue weighted by Crippen LogP contribution is 2.52. The van der Waals surface area contributed by atoms with Crippen LogP contribution in [0.4, 0.5) is 0 Å². The average Bonchev–Trinajstić information content (AvgIpc) is 1.41. The Balaban J connectivity index is 0.000000142. The summed E-state index contributed by atoms with van der Waals surface area (Å²) in [7, 11) is 0. The van der Waals surface area contributed by atoms with Crippen molar-refractivity contribution >= 4 is 152 Å². The topological polar surface area (TPSA) is 129 Å². The van der Waals surface area contributed by atoms with Crippen molar-refractivity contribution < 1.29 is 8.83 Å². The molecule has 6 heterocycles. The molecule has 620 valence electrons. The van der Waals surface area contributed by atoms with Gasteiger partial charge in [0.1, 0.15) is 22.3 Å². The minimum Gasteiger partial charge on any atom is -0.456 e. The normalized spacial score (nSPS) is 11.9. The summed E-state index contributed by atoms with van der Waals surface area (Å²) >= 11 is 0. The Morgan fingerprint density at radius 1 is 0.152 bits per heavy atom. The third-order valence-electron chi connectivity index (χ3n) is 26.4. The lowest BCUT2D eigenvalue weighted by Crippen LogP contribution is -2.01. The fraction of sp³-hybridized carbons (Fsp3) is 0.0492. The molecule has 0 saturated carbocycles. The van der Waals surface area contributed by atoms with E-state index in [9.17, 15) is 0 Å². The van der Waals surface area contributed by atoms with E-state index < -0.39 is 0 Å². The van der Waals surface area contributed by atoms with Gasteiger partial charge in [-0.1, -0.05) is 337 Å². The summed E-state index contributed by atoms with van der Waals surface area (Å²) in [4.78, 5) is 41.3. The molecule has 132 heavy (non-hydrogen) atoms. The third kappa shape index (κ3) is 13.1. The van der Waals surface area contributed by atoms with Crippen molar-refractivity contribution in [3.05, 3.63) is 409 Å². The highest BCUT2D eigenvalue weighted by molar-refractivity contribution is 6.33. The van der Waals surface area contributed by atoms with Gasteiger partial charge in [-0.3, -0.25) is 0 Å². The molecule has 0 aliphatic rings. The maximum Gasteiger partial charge on any atom is 0.164 e. The number of aromatic nitrogens is 8. The van der Waals surface area contributed by atoms with Gasteiger partial charge in [0.15, 0.2) is 34.9 Å². The molecule has 0 fully saturated rings. The molecule has 0 unspecified atom stereocenters. The first-order valence-electron chi connectivity index (χ1n) is 44.9. The molecule has 0 amide bonds. The van der Waals surface area contributed by atoms with Crippen LogP contribution in [-0.2, 0) is 0 Å². The number of hydrogen-bond acceptors (Lipinski definition) is 10. The number of para-hydroxylation sites is 4. The van der Waals surface area contributed by atoms with E-state index in [0.29, 0.717) is 34.9 Å². The van der Waals surface area contributed by atoms with E-state index in [1.807, 2.05) is 12.1 Å². The Hall–Kier alpha value is -17.1. The van der Waals surface area contributed by atoms with Crippen molar-refractivity contribution in [3.63, 3.8) is 0 Å². The fourth-order valence-corrected chi connectivity index (χ4v) is 20.5. The van der Waals surface area contributed by atoms with E-state index in [4.69, 9.17) is 48.7 Å². The van der Waals surface area contributed by atoms with Crippen LogP contribution >= 0.6 is 0 Å². The number of aryl methyl sites for hydroxylation is 6. The van der Waals surface area contributed by atoms with Crippen molar-refractivity contribution in [3.8, 4) is 113 Å². The number of furan rings is 2. The smallest absolute Gasteiger partial charge is 0.164 e. The first-order valence-corrected chi connectivity index (χ1v) is 44.9. The molecule has 10 nitrogen and oxygen atoms in total. The summed E-state index contributed by atoms with van der Waals surface area (Å²) < 4.78 is 13.6. The van der Waals surface area contributed by atoms with Crippen molar-refractivity contribution in [1.82, 2.24) is 39.9 Å². The Morgan fingerprint density at radius 2 is 0.402 bits per heavy atom. The summed E-state index contributed by atoms with van der Waals surface area (Å²) in [6.45, 7) is 12.6. The Labute approximate surface area is 759 Å². The van der Waals surface area contributed by atoms with E-state index >= 15 is 0 Å². The predicted octanol–water partition coefficient (Wildman–Crippen LogP) is 32.4. The van der Waals surface area contributed by atoms with Crippen LogP contribution in [0, 0.1) is 41.5 Å². The van der Waals surface area contributed by atoms with Gasteiger partial charge in [0, 0.05) is 109 Å². The van der Waals surface area contributed by atoms with Crippen molar-refractivity contribution in [1.29, 1.82) is 0 Å². The molecule has 26 rings (SSSR count). The summed E-state index contributed by atoms with van der Waals surface area (Å²) in [5.74, 6) is 3.79. The maximum atomic E-state index is 6.79. The molecule has 20 aromatic carbocycles. The van der Waals surface area contributed by atoms with Crippen LogP contribution in [0.5, 0.6) is 0 Å². The highest BCUT2D eigenvalue weighted by atomic mass is 16.3. The van der Waals surface area contributed by atoms with Crippen LogP contribution in [0.3, 0.4) is 0 Å². The van der Waals surface area contributed by atoms with E-state index in [-0.39, 0.29) is 0 Å². The van der Waals surface area contributed by atoms with Crippen molar-refractivity contribution in [2.75, 3.05) is 0 Å². The second-order valence-corrected chi connectivity index (χ2v) is 35.2. The molecule has 26 aromatic rings. The molecule has 0 bridgehead atoms. The van der Waals surface area contributed by atoms with Crippen LogP contribution in [0.25, 0.3) is 265 Å². The standard InChI is InChI=1S/C62H42N4O.C60H38N4O/c1-35-27-36(2)30-42(29-35)61-64-60(65-62(66-61)43-31-37(3)28-38(4)32-43)40-23-21-39(22-24-40)59-52-34-55-58(50-18-10-12-20-54(50)67-55)56(57(52)49-17-9-11-19-53(49)63-59)41-25-26-48-46-15-6-5-13-44(46)45-14-7-8-16-47(45)51(48)33-41;1-35-19-23-38(24-20-35)58-62-59(39-25-21-36(2)22-26-39)64-60(63-58)40-29-27-37(28-30-40)57-50-34-53-56(48-16-8-10-18-52(48)65-53)54(55(50)47-15-7-9-17-51(47)61-57)41-31-32-46-44-13-4-3-11-42(44)43-12-5-6-14-45(43)49(46)33-41/h5-34H,1-4H3;3-34H,1-2H3. The zero-order valence-corrected chi connectivity index (χ0v) is 73.2. The molecule has 0 radical (unpaired) electrons. The van der Waals surface area contributed by atoms with Gasteiger partial charge in [-0.05, 0) is 190 Å². The zero-order chi connectivity index (χ0) is 88.1.